The normalized spacial score (nSPS) is 18.9. The smallest absolute Gasteiger partial charge is 0.232 e. The Labute approximate surface area is 111 Å². The Morgan fingerprint density at radius 1 is 1.53 bits per heavy atom. The summed E-state index contributed by atoms with van der Waals surface area (Å²) in [7, 11) is 0. The van der Waals surface area contributed by atoms with Crippen LogP contribution in [0.1, 0.15) is 6.42 Å². The van der Waals surface area contributed by atoms with Crippen molar-refractivity contribution < 1.29 is 4.79 Å². The third-order valence-corrected chi connectivity index (χ3v) is 3.59. The third-order valence-electron chi connectivity index (χ3n) is 2.59. The summed E-state index contributed by atoms with van der Waals surface area (Å²) < 4.78 is 0. The van der Waals surface area contributed by atoms with Gasteiger partial charge in [0.1, 0.15) is 0 Å². The molecule has 17 heavy (non-hydrogen) atoms. The largest absolute Gasteiger partial charge is 0.340 e. The van der Waals surface area contributed by atoms with Crippen LogP contribution in [-0.2, 0) is 4.79 Å². The molecule has 0 unspecified atom stereocenters. The lowest BCUT2D eigenvalue weighted by Crippen LogP contribution is -2.33. The molecule has 1 amide bonds. The molecule has 1 atom stereocenters. The van der Waals surface area contributed by atoms with Crippen molar-refractivity contribution in [3.05, 3.63) is 24.5 Å². The fourth-order valence-electron chi connectivity index (χ4n) is 1.68. The molecule has 0 radical (unpaired) electrons. The second-order valence-corrected chi connectivity index (χ2v) is 4.91. The van der Waals surface area contributed by atoms with E-state index in [4.69, 9.17) is 5.73 Å². The highest BCUT2D eigenvalue weighted by Crippen LogP contribution is 2.18. The Kier molecular flexibility index (Phi) is 5.74. The summed E-state index contributed by atoms with van der Waals surface area (Å²) >= 11 is 1.54. The zero-order valence-electron chi connectivity index (χ0n) is 9.41. The molecule has 1 saturated heterocycles. The molecule has 1 aromatic rings. The first-order valence-electron chi connectivity index (χ1n) is 5.32. The number of hydrogen-bond acceptors (Lipinski definition) is 4. The van der Waals surface area contributed by atoms with E-state index in [1.165, 1.54) is 0 Å². The lowest BCUT2D eigenvalue weighted by Gasteiger charge is -2.15. The average Bonchev–Trinajstić information content (AvgIpc) is 2.74. The second-order valence-electron chi connectivity index (χ2n) is 3.86. The third kappa shape index (κ3) is 4.18. The Morgan fingerprint density at radius 3 is 2.82 bits per heavy atom. The van der Waals surface area contributed by atoms with Gasteiger partial charge in [0.05, 0.1) is 5.75 Å². The number of rotatable bonds is 3. The molecule has 94 valence electrons. The summed E-state index contributed by atoms with van der Waals surface area (Å²) in [6.45, 7) is 1.51. The van der Waals surface area contributed by atoms with Crippen LogP contribution < -0.4 is 5.73 Å². The van der Waals surface area contributed by atoms with Crippen molar-refractivity contribution in [3.8, 4) is 0 Å². The molecule has 0 saturated carbocycles. The molecule has 2 N–H and O–H groups in total. The molecule has 1 aliphatic heterocycles. The van der Waals surface area contributed by atoms with Crippen molar-refractivity contribution >= 4 is 30.1 Å². The summed E-state index contributed by atoms with van der Waals surface area (Å²) in [5.74, 6) is 0.659. The summed E-state index contributed by atoms with van der Waals surface area (Å²) in [6, 6.07) is 3.98. The summed E-state index contributed by atoms with van der Waals surface area (Å²) in [4.78, 5) is 18.7. The maximum absolute atomic E-state index is 11.8. The Morgan fingerprint density at radius 2 is 2.24 bits per heavy atom. The molecule has 2 heterocycles. The van der Waals surface area contributed by atoms with Gasteiger partial charge in [-0.1, -0.05) is 0 Å². The van der Waals surface area contributed by atoms with E-state index in [1.807, 2.05) is 17.0 Å². The number of aromatic nitrogens is 1. The number of carbonyl (C=O) groups is 1. The molecule has 1 aliphatic rings. The molecular weight excluding hydrogens is 258 g/mol. The van der Waals surface area contributed by atoms with Gasteiger partial charge in [-0.05, 0) is 18.6 Å². The minimum atomic E-state index is 0. The molecule has 2 rings (SSSR count). The Bertz CT molecular complexity index is 363. The lowest BCUT2D eigenvalue weighted by molar-refractivity contribution is -0.127. The van der Waals surface area contributed by atoms with Crippen LogP contribution in [0.25, 0.3) is 0 Å². The van der Waals surface area contributed by atoms with E-state index in [2.05, 4.69) is 4.98 Å². The Hall–Kier alpha value is -0.780. The zero-order chi connectivity index (χ0) is 11.4. The minimum absolute atomic E-state index is 0. The quantitative estimate of drug-likeness (QED) is 0.840. The lowest BCUT2D eigenvalue weighted by atomic mass is 10.3. The molecule has 4 nitrogen and oxygen atoms in total. The van der Waals surface area contributed by atoms with E-state index in [0.29, 0.717) is 12.3 Å². The van der Waals surface area contributed by atoms with Gasteiger partial charge >= 0.3 is 0 Å². The molecule has 1 fully saturated rings. The van der Waals surface area contributed by atoms with E-state index in [9.17, 15) is 4.79 Å². The van der Waals surface area contributed by atoms with Crippen LogP contribution in [0.3, 0.4) is 0 Å². The first-order valence-corrected chi connectivity index (χ1v) is 6.30. The predicted octanol–water partition coefficient (Wildman–Crippen LogP) is 1.16. The van der Waals surface area contributed by atoms with Gasteiger partial charge in [-0.25, -0.2) is 0 Å². The van der Waals surface area contributed by atoms with E-state index < -0.39 is 0 Å². The monoisotopic (exact) mass is 273 g/mol. The van der Waals surface area contributed by atoms with Crippen molar-refractivity contribution in [1.82, 2.24) is 9.88 Å². The maximum atomic E-state index is 11.8. The predicted molar refractivity (Wildman–Crippen MR) is 71.4 cm³/mol. The topological polar surface area (TPSA) is 59.2 Å². The first kappa shape index (κ1) is 14.3. The standard InChI is InChI=1S/C11H15N3OS.ClH/c12-9-3-6-14(7-9)11(15)8-16-10-1-4-13-5-2-10;/h1-2,4-5,9H,3,6-8,12H2;1H/t9-;/m1./s1. The van der Waals surface area contributed by atoms with E-state index in [1.54, 1.807) is 24.2 Å². The van der Waals surface area contributed by atoms with Crippen LogP contribution in [-0.4, -0.2) is 40.7 Å². The van der Waals surface area contributed by atoms with Crippen molar-refractivity contribution in [2.75, 3.05) is 18.8 Å². The number of pyridine rings is 1. The molecule has 1 aromatic heterocycles. The van der Waals surface area contributed by atoms with Gasteiger partial charge in [-0.15, -0.1) is 24.2 Å². The van der Waals surface area contributed by atoms with Crippen molar-refractivity contribution in [2.45, 2.75) is 17.4 Å². The van der Waals surface area contributed by atoms with Crippen LogP contribution >= 0.6 is 24.2 Å². The van der Waals surface area contributed by atoms with Crippen LogP contribution in [0, 0.1) is 0 Å². The first-order chi connectivity index (χ1) is 7.75. The number of halogens is 1. The van der Waals surface area contributed by atoms with E-state index in [0.717, 1.165) is 17.9 Å². The van der Waals surface area contributed by atoms with Gasteiger partial charge in [0, 0.05) is 36.4 Å². The second kappa shape index (κ2) is 6.83. The van der Waals surface area contributed by atoms with Gasteiger partial charge in [-0.2, -0.15) is 0 Å². The number of thioether (sulfide) groups is 1. The van der Waals surface area contributed by atoms with Gasteiger partial charge in [0.2, 0.25) is 5.91 Å². The van der Waals surface area contributed by atoms with Crippen molar-refractivity contribution in [2.24, 2.45) is 5.73 Å². The SMILES string of the molecule is Cl.N[C@@H]1CCN(C(=O)CSc2ccncc2)C1. The van der Waals surface area contributed by atoms with Gasteiger partial charge in [0.25, 0.3) is 0 Å². The summed E-state index contributed by atoms with van der Waals surface area (Å²) in [5, 5.41) is 0. The zero-order valence-corrected chi connectivity index (χ0v) is 11.0. The van der Waals surface area contributed by atoms with Crippen LogP contribution in [0.4, 0.5) is 0 Å². The van der Waals surface area contributed by atoms with Crippen molar-refractivity contribution in [3.63, 3.8) is 0 Å². The molecule has 0 bridgehead atoms. The fraction of sp³-hybridized carbons (Fsp3) is 0.455. The van der Waals surface area contributed by atoms with Crippen LogP contribution in [0.2, 0.25) is 0 Å². The minimum Gasteiger partial charge on any atom is -0.340 e. The summed E-state index contributed by atoms with van der Waals surface area (Å²) in [5.41, 5.74) is 5.76. The molecular formula is C11H16ClN3OS. The highest BCUT2D eigenvalue weighted by molar-refractivity contribution is 8.00. The molecule has 0 aromatic carbocycles. The highest BCUT2D eigenvalue weighted by atomic mass is 35.5. The number of nitrogens with two attached hydrogens (primary N) is 1. The Balaban J connectivity index is 0.00000144. The average molecular weight is 274 g/mol. The van der Waals surface area contributed by atoms with Crippen molar-refractivity contribution in [1.29, 1.82) is 0 Å². The van der Waals surface area contributed by atoms with E-state index in [-0.39, 0.29) is 24.4 Å². The molecule has 0 aliphatic carbocycles. The summed E-state index contributed by atoms with van der Waals surface area (Å²) in [6.07, 6.45) is 4.39. The molecule has 6 heteroatoms. The van der Waals surface area contributed by atoms with Crippen LogP contribution in [0.15, 0.2) is 29.4 Å². The van der Waals surface area contributed by atoms with Gasteiger partial charge in [-0.3, -0.25) is 9.78 Å². The van der Waals surface area contributed by atoms with Gasteiger partial charge in [0.15, 0.2) is 0 Å². The van der Waals surface area contributed by atoms with E-state index >= 15 is 0 Å². The van der Waals surface area contributed by atoms with Gasteiger partial charge < -0.3 is 10.6 Å². The number of amides is 1. The number of likely N-dealkylation sites (tertiary alicyclic amines) is 1. The maximum Gasteiger partial charge on any atom is 0.232 e. The fourth-order valence-corrected chi connectivity index (χ4v) is 2.47. The number of hydrogen-bond donors (Lipinski definition) is 1. The van der Waals surface area contributed by atoms with Crippen LogP contribution in [0.5, 0.6) is 0 Å². The number of carbonyl (C=O) groups excluding carboxylic acids is 1. The number of nitrogens with zero attached hydrogens (tertiary/aromatic N) is 2. The highest BCUT2D eigenvalue weighted by Gasteiger charge is 2.23. The molecule has 0 spiro atoms.